The molecule has 1 aromatic carbocycles. The molecule has 2 aromatic heterocycles. The Morgan fingerprint density at radius 3 is 2.71 bits per heavy atom. The molecule has 8 heteroatoms. The molecule has 0 radical (unpaired) electrons. The summed E-state index contributed by atoms with van der Waals surface area (Å²) in [6.07, 6.45) is 7.91. The van der Waals surface area contributed by atoms with E-state index in [-0.39, 0.29) is 0 Å². The molecule has 0 spiro atoms. The third-order valence-corrected chi connectivity index (χ3v) is 7.64. The number of rotatable bonds is 5. The van der Waals surface area contributed by atoms with Crippen LogP contribution in [0.2, 0.25) is 5.02 Å². The number of aliphatic hydroxyl groups is 1. The Bertz CT molecular complexity index is 1060. The molecule has 1 aliphatic carbocycles. The van der Waals surface area contributed by atoms with Gasteiger partial charge in [0.2, 0.25) is 5.95 Å². The average Bonchev–Trinajstić information content (AvgIpc) is 3.45. The second-order valence-corrected chi connectivity index (χ2v) is 9.82. The highest BCUT2D eigenvalue weighted by Gasteiger charge is 2.36. The van der Waals surface area contributed by atoms with E-state index >= 15 is 0 Å². The van der Waals surface area contributed by atoms with Gasteiger partial charge in [0.15, 0.2) is 0 Å². The SMILES string of the molecule is OC1(c2nc(-c3cccc(Cl)c3)c(-c3ccnc(NC4CCCC4)n3)s2)CCNCC1. The summed E-state index contributed by atoms with van der Waals surface area (Å²) in [4.78, 5) is 15.1. The minimum atomic E-state index is -0.917. The zero-order valence-electron chi connectivity index (χ0n) is 17.3. The van der Waals surface area contributed by atoms with Gasteiger partial charge in [0.25, 0.3) is 0 Å². The molecule has 3 N–H and O–H groups in total. The van der Waals surface area contributed by atoms with Gasteiger partial charge < -0.3 is 15.7 Å². The van der Waals surface area contributed by atoms with Crippen molar-refractivity contribution in [2.45, 2.75) is 50.2 Å². The van der Waals surface area contributed by atoms with Crippen LogP contribution in [-0.2, 0) is 5.60 Å². The number of nitrogens with one attached hydrogen (secondary N) is 2. The molecule has 0 atom stereocenters. The van der Waals surface area contributed by atoms with Crippen LogP contribution in [-0.4, -0.2) is 39.2 Å². The summed E-state index contributed by atoms with van der Waals surface area (Å²) in [5.74, 6) is 0.650. The van der Waals surface area contributed by atoms with Crippen LogP contribution in [0.3, 0.4) is 0 Å². The van der Waals surface area contributed by atoms with Gasteiger partial charge in [-0.05, 0) is 57.0 Å². The predicted octanol–water partition coefficient (Wildman–Crippen LogP) is 4.85. The monoisotopic (exact) mass is 455 g/mol. The lowest BCUT2D eigenvalue weighted by Gasteiger charge is -2.30. The van der Waals surface area contributed by atoms with E-state index in [9.17, 15) is 5.11 Å². The van der Waals surface area contributed by atoms with Crippen LogP contribution in [0.5, 0.6) is 0 Å². The van der Waals surface area contributed by atoms with E-state index in [4.69, 9.17) is 21.6 Å². The molecule has 162 valence electrons. The Labute approximate surface area is 191 Å². The molecular weight excluding hydrogens is 430 g/mol. The minimum Gasteiger partial charge on any atom is -0.383 e. The zero-order chi connectivity index (χ0) is 21.3. The average molecular weight is 456 g/mol. The second kappa shape index (κ2) is 8.82. The number of halogens is 1. The zero-order valence-corrected chi connectivity index (χ0v) is 18.8. The number of aromatic nitrogens is 3. The predicted molar refractivity (Wildman–Crippen MR) is 125 cm³/mol. The Hall–Kier alpha value is -2.06. The van der Waals surface area contributed by atoms with Crippen molar-refractivity contribution in [3.8, 4) is 21.8 Å². The van der Waals surface area contributed by atoms with Crippen molar-refractivity contribution in [1.29, 1.82) is 0 Å². The summed E-state index contributed by atoms with van der Waals surface area (Å²) in [7, 11) is 0. The maximum absolute atomic E-state index is 11.3. The maximum Gasteiger partial charge on any atom is 0.223 e. The molecule has 6 nitrogen and oxygen atoms in total. The summed E-state index contributed by atoms with van der Waals surface area (Å²) in [6.45, 7) is 1.56. The van der Waals surface area contributed by atoms with Gasteiger partial charge in [0.05, 0.1) is 16.3 Å². The summed E-state index contributed by atoms with van der Waals surface area (Å²) in [5.41, 5.74) is 1.62. The number of nitrogens with zero attached hydrogens (tertiary/aromatic N) is 3. The molecule has 2 fully saturated rings. The largest absolute Gasteiger partial charge is 0.383 e. The molecule has 3 heterocycles. The highest BCUT2D eigenvalue weighted by Crippen LogP contribution is 2.42. The molecule has 0 bridgehead atoms. The van der Waals surface area contributed by atoms with Crippen molar-refractivity contribution in [3.63, 3.8) is 0 Å². The minimum absolute atomic E-state index is 0.440. The highest BCUT2D eigenvalue weighted by molar-refractivity contribution is 7.15. The molecular formula is C23H26ClN5OS. The molecule has 2 aliphatic rings. The van der Waals surface area contributed by atoms with Gasteiger partial charge in [0.1, 0.15) is 10.6 Å². The first-order valence-corrected chi connectivity index (χ1v) is 12.1. The summed E-state index contributed by atoms with van der Waals surface area (Å²) >= 11 is 7.80. The third-order valence-electron chi connectivity index (χ3n) is 6.13. The van der Waals surface area contributed by atoms with Crippen molar-refractivity contribution >= 4 is 28.9 Å². The molecule has 0 unspecified atom stereocenters. The number of hydrogen-bond acceptors (Lipinski definition) is 7. The first-order valence-electron chi connectivity index (χ1n) is 10.9. The maximum atomic E-state index is 11.3. The number of hydrogen-bond donors (Lipinski definition) is 3. The molecule has 3 aromatic rings. The van der Waals surface area contributed by atoms with Crippen LogP contribution in [0.4, 0.5) is 5.95 Å². The highest BCUT2D eigenvalue weighted by atomic mass is 35.5. The van der Waals surface area contributed by atoms with Gasteiger partial charge in [-0.15, -0.1) is 11.3 Å². The number of thiazole rings is 1. The molecule has 1 saturated heterocycles. The Morgan fingerprint density at radius 1 is 1.13 bits per heavy atom. The number of piperidine rings is 1. The van der Waals surface area contributed by atoms with Crippen LogP contribution >= 0.6 is 22.9 Å². The van der Waals surface area contributed by atoms with Gasteiger partial charge in [0, 0.05) is 22.8 Å². The van der Waals surface area contributed by atoms with Gasteiger partial charge in [-0.1, -0.05) is 36.6 Å². The van der Waals surface area contributed by atoms with E-state index < -0.39 is 5.60 Å². The van der Waals surface area contributed by atoms with Crippen molar-refractivity contribution in [3.05, 3.63) is 46.6 Å². The second-order valence-electron chi connectivity index (χ2n) is 8.38. The number of benzene rings is 1. The van der Waals surface area contributed by atoms with E-state index in [1.54, 1.807) is 6.20 Å². The fourth-order valence-electron chi connectivity index (χ4n) is 4.39. The van der Waals surface area contributed by atoms with Crippen LogP contribution in [0, 0.1) is 0 Å². The van der Waals surface area contributed by atoms with Gasteiger partial charge in [-0.2, -0.15) is 0 Å². The molecule has 5 rings (SSSR count). The van der Waals surface area contributed by atoms with Crippen molar-refractivity contribution in [2.24, 2.45) is 0 Å². The van der Waals surface area contributed by atoms with E-state index in [1.165, 1.54) is 24.2 Å². The number of anilines is 1. The molecule has 1 saturated carbocycles. The van der Waals surface area contributed by atoms with E-state index in [1.807, 2.05) is 30.3 Å². The Morgan fingerprint density at radius 2 is 1.94 bits per heavy atom. The quantitative estimate of drug-likeness (QED) is 0.510. The first-order chi connectivity index (χ1) is 15.1. The lowest BCUT2D eigenvalue weighted by molar-refractivity contribution is 0.00582. The summed E-state index contributed by atoms with van der Waals surface area (Å²) in [5, 5.41) is 19.5. The van der Waals surface area contributed by atoms with E-state index in [2.05, 4.69) is 15.6 Å². The van der Waals surface area contributed by atoms with Crippen LogP contribution in [0.25, 0.3) is 21.8 Å². The van der Waals surface area contributed by atoms with Crippen molar-refractivity contribution in [1.82, 2.24) is 20.3 Å². The molecule has 31 heavy (non-hydrogen) atoms. The lowest BCUT2D eigenvalue weighted by atomic mass is 9.93. The lowest BCUT2D eigenvalue weighted by Crippen LogP contribution is -2.39. The standard InChI is InChI=1S/C23H26ClN5OS/c24-16-5-3-4-15(14-16)19-20(31-21(29-19)23(30)9-12-25-13-10-23)18-8-11-26-22(28-18)27-17-6-1-2-7-17/h3-5,8,11,14,17,25,30H,1-2,6-7,9-10,12-13H2,(H,26,27,28). The van der Waals surface area contributed by atoms with Gasteiger partial charge in [-0.25, -0.2) is 15.0 Å². The smallest absolute Gasteiger partial charge is 0.223 e. The van der Waals surface area contributed by atoms with E-state index in [0.29, 0.717) is 29.9 Å². The van der Waals surface area contributed by atoms with Gasteiger partial charge >= 0.3 is 0 Å². The fraction of sp³-hybridized carbons (Fsp3) is 0.435. The fourth-order valence-corrected chi connectivity index (χ4v) is 5.78. The van der Waals surface area contributed by atoms with Crippen LogP contribution in [0.15, 0.2) is 36.5 Å². The van der Waals surface area contributed by atoms with Crippen molar-refractivity contribution < 1.29 is 5.11 Å². The van der Waals surface area contributed by atoms with Crippen molar-refractivity contribution in [2.75, 3.05) is 18.4 Å². The first kappa shape index (κ1) is 20.8. The van der Waals surface area contributed by atoms with Gasteiger partial charge in [-0.3, -0.25) is 0 Å². The molecule has 1 aliphatic heterocycles. The Kier molecular flexibility index (Phi) is 5.93. The molecule has 0 amide bonds. The summed E-state index contributed by atoms with van der Waals surface area (Å²) in [6, 6.07) is 10.0. The topological polar surface area (TPSA) is 83.0 Å². The van der Waals surface area contributed by atoms with Crippen LogP contribution < -0.4 is 10.6 Å². The third kappa shape index (κ3) is 4.46. The van der Waals surface area contributed by atoms with E-state index in [0.717, 1.165) is 52.8 Å². The summed E-state index contributed by atoms with van der Waals surface area (Å²) < 4.78 is 0. The normalized spacial score (nSPS) is 18.9. The Balaban J connectivity index is 1.56. The van der Waals surface area contributed by atoms with Crippen LogP contribution in [0.1, 0.15) is 43.5 Å².